The van der Waals surface area contributed by atoms with E-state index in [9.17, 15) is 0 Å². The summed E-state index contributed by atoms with van der Waals surface area (Å²) in [5.74, 6) is 3.06. The molecule has 0 saturated carbocycles. The molecule has 0 bridgehead atoms. The zero-order chi connectivity index (χ0) is 8.97. The van der Waals surface area contributed by atoms with Crippen LogP contribution in [-0.4, -0.2) is 18.0 Å². The molecule has 0 aromatic rings. The molecule has 0 radical (unpaired) electrons. The van der Waals surface area contributed by atoms with Crippen molar-refractivity contribution in [2.45, 2.75) is 52.1 Å². The maximum absolute atomic E-state index is 4.30. The first-order chi connectivity index (χ1) is 5.74. The normalized spacial score (nSPS) is 28.1. The standard InChI is InChI=1S/C10H18N2/c1-4-5-6-10-7-11-8(2)9(3)12-10/h8-9,12H,4-6H2,1-3H3. The van der Waals surface area contributed by atoms with E-state index < -0.39 is 0 Å². The fourth-order valence-electron chi connectivity index (χ4n) is 1.20. The van der Waals surface area contributed by atoms with Crippen LogP contribution in [0.2, 0.25) is 0 Å². The van der Waals surface area contributed by atoms with Gasteiger partial charge in [-0.1, -0.05) is 13.3 Å². The highest BCUT2D eigenvalue weighted by Crippen LogP contribution is 2.08. The van der Waals surface area contributed by atoms with Crippen molar-refractivity contribution in [1.29, 1.82) is 0 Å². The van der Waals surface area contributed by atoms with Gasteiger partial charge in [-0.05, 0) is 26.7 Å². The van der Waals surface area contributed by atoms with E-state index >= 15 is 0 Å². The Morgan fingerprint density at radius 3 is 2.83 bits per heavy atom. The van der Waals surface area contributed by atoms with Crippen molar-refractivity contribution in [3.63, 3.8) is 0 Å². The smallest absolute Gasteiger partial charge is 0.0764 e. The monoisotopic (exact) mass is 166 g/mol. The van der Waals surface area contributed by atoms with Gasteiger partial charge in [0.05, 0.1) is 11.7 Å². The molecule has 0 saturated heterocycles. The van der Waals surface area contributed by atoms with Crippen molar-refractivity contribution < 1.29 is 0 Å². The van der Waals surface area contributed by atoms with Crippen molar-refractivity contribution in [2.75, 3.05) is 0 Å². The predicted octanol–water partition coefficient (Wildman–Crippen LogP) is 2.11. The Bertz CT molecular complexity index is 202. The third-order valence-corrected chi connectivity index (χ3v) is 2.31. The minimum atomic E-state index is 0.371. The molecule has 2 heteroatoms. The van der Waals surface area contributed by atoms with Crippen LogP contribution in [-0.2, 0) is 0 Å². The van der Waals surface area contributed by atoms with Crippen LogP contribution in [0.5, 0.6) is 0 Å². The number of nitrogens with zero attached hydrogens (tertiary/aromatic N) is 1. The summed E-state index contributed by atoms with van der Waals surface area (Å²) < 4.78 is 0. The number of hydrogen-bond acceptors (Lipinski definition) is 2. The van der Waals surface area contributed by atoms with E-state index in [1.165, 1.54) is 18.5 Å². The lowest BCUT2D eigenvalue weighted by atomic mass is 10.1. The average molecular weight is 166 g/mol. The molecule has 2 nitrogen and oxygen atoms in total. The molecular formula is C10H18N2. The third-order valence-electron chi connectivity index (χ3n) is 2.31. The summed E-state index contributed by atoms with van der Waals surface area (Å²) in [4.78, 5) is 4.30. The van der Waals surface area contributed by atoms with Crippen LogP contribution < -0.4 is 5.32 Å². The molecule has 0 amide bonds. The van der Waals surface area contributed by atoms with E-state index in [4.69, 9.17) is 0 Å². The molecule has 0 aromatic heterocycles. The molecule has 68 valence electrons. The minimum absolute atomic E-state index is 0.371. The number of aliphatic imine (C=N–C) groups is 1. The lowest BCUT2D eigenvalue weighted by Crippen LogP contribution is -2.36. The Labute approximate surface area is 74.8 Å². The van der Waals surface area contributed by atoms with Crippen LogP contribution in [0.1, 0.15) is 40.0 Å². The molecule has 0 spiro atoms. The Balaban J connectivity index is 2.49. The van der Waals surface area contributed by atoms with Crippen LogP contribution in [0, 0.1) is 0 Å². The maximum atomic E-state index is 4.30. The Morgan fingerprint density at radius 2 is 2.25 bits per heavy atom. The van der Waals surface area contributed by atoms with Gasteiger partial charge < -0.3 is 5.32 Å². The molecule has 0 aliphatic carbocycles. The summed E-state index contributed by atoms with van der Waals surface area (Å²) in [5.41, 5.74) is 1.18. The topological polar surface area (TPSA) is 24.4 Å². The van der Waals surface area contributed by atoms with Crippen molar-refractivity contribution in [1.82, 2.24) is 5.32 Å². The van der Waals surface area contributed by atoms with E-state index in [1.807, 2.05) is 0 Å². The summed E-state index contributed by atoms with van der Waals surface area (Å²) >= 11 is 0. The quantitative estimate of drug-likeness (QED) is 0.682. The summed E-state index contributed by atoms with van der Waals surface area (Å²) in [6.07, 6.45) is 3.56. The molecule has 0 aromatic carbocycles. The van der Waals surface area contributed by atoms with Crippen molar-refractivity contribution in [3.05, 3.63) is 5.70 Å². The van der Waals surface area contributed by atoms with Crippen LogP contribution in [0.4, 0.5) is 0 Å². The molecule has 1 aliphatic rings. The largest absolute Gasteiger partial charge is 0.376 e. The SMILES string of the molecule is CCCCC1=C=NC(C)C(C)N1. The summed E-state index contributed by atoms with van der Waals surface area (Å²) in [6, 6.07) is 0.841. The molecule has 2 atom stereocenters. The van der Waals surface area contributed by atoms with Crippen LogP contribution >= 0.6 is 0 Å². The zero-order valence-corrected chi connectivity index (χ0v) is 8.22. The highest BCUT2D eigenvalue weighted by atomic mass is 15.0. The van der Waals surface area contributed by atoms with Crippen LogP contribution in [0.25, 0.3) is 0 Å². The molecule has 2 unspecified atom stereocenters. The molecule has 1 heterocycles. The van der Waals surface area contributed by atoms with Gasteiger partial charge in [0.1, 0.15) is 0 Å². The first kappa shape index (κ1) is 9.34. The number of nitrogens with one attached hydrogen (secondary N) is 1. The Hall–Kier alpha value is -0.750. The van der Waals surface area contributed by atoms with Gasteiger partial charge in [0.25, 0.3) is 0 Å². The van der Waals surface area contributed by atoms with Gasteiger partial charge in [-0.25, -0.2) is 4.99 Å². The molecule has 1 rings (SSSR count). The number of allylic oxidation sites excluding steroid dienone is 1. The minimum Gasteiger partial charge on any atom is -0.376 e. The molecule has 1 aliphatic heterocycles. The fraction of sp³-hybridized carbons (Fsp3) is 0.800. The zero-order valence-electron chi connectivity index (χ0n) is 8.22. The first-order valence-corrected chi connectivity index (χ1v) is 4.82. The molecule has 1 N–H and O–H groups in total. The summed E-state index contributed by atoms with van der Waals surface area (Å²) in [6.45, 7) is 6.48. The van der Waals surface area contributed by atoms with Gasteiger partial charge in [-0.15, -0.1) is 0 Å². The van der Waals surface area contributed by atoms with Gasteiger partial charge in [-0.2, -0.15) is 0 Å². The highest BCUT2D eigenvalue weighted by Gasteiger charge is 2.14. The number of rotatable bonds is 3. The maximum Gasteiger partial charge on any atom is 0.0764 e. The Morgan fingerprint density at radius 1 is 1.50 bits per heavy atom. The Kier molecular flexibility index (Phi) is 3.36. The molecule has 12 heavy (non-hydrogen) atoms. The van der Waals surface area contributed by atoms with Gasteiger partial charge in [0, 0.05) is 11.9 Å². The second-order valence-corrected chi connectivity index (χ2v) is 3.50. The van der Waals surface area contributed by atoms with Gasteiger partial charge in [0.2, 0.25) is 0 Å². The number of unbranched alkanes of at least 4 members (excludes halogenated alkanes) is 1. The second kappa shape index (κ2) is 4.32. The summed E-state index contributed by atoms with van der Waals surface area (Å²) in [5, 5.41) is 3.41. The van der Waals surface area contributed by atoms with Crippen LogP contribution in [0.3, 0.4) is 0 Å². The molecule has 0 fully saturated rings. The van der Waals surface area contributed by atoms with E-state index in [0.717, 1.165) is 6.42 Å². The third kappa shape index (κ3) is 2.38. The second-order valence-electron chi connectivity index (χ2n) is 3.50. The average Bonchev–Trinajstić information content (AvgIpc) is 2.07. The van der Waals surface area contributed by atoms with Gasteiger partial charge >= 0.3 is 0 Å². The van der Waals surface area contributed by atoms with E-state index in [0.29, 0.717) is 12.1 Å². The van der Waals surface area contributed by atoms with Crippen molar-refractivity contribution in [3.8, 4) is 0 Å². The fourth-order valence-corrected chi connectivity index (χ4v) is 1.20. The molecular weight excluding hydrogens is 148 g/mol. The van der Waals surface area contributed by atoms with Crippen LogP contribution in [0.15, 0.2) is 10.7 Å². The van der Waals surface area contributed by atoms with E-state index in [-0.39, 0.29) is 0 Å². The lowest BCUT2D eigenvalue weighted by Gasteiger charge is -2.22. The van der Waals surface area contributed by atoms with Gasteiger partial charge in [-0.3, -0.25) is 0 Å². The van der Waals surface area contributed by atoms with E-state index in [2.05, 4.69) is 37.0 Å². The first-order valence-electron chi connectivity index (χ1n) is 4.82. The van der Waals surface area contributed by atoms with E-state index in [1.54, 1.807) is 0 Å². The number of hydrogen-bond donors (Lipinski definition) is 1. The lowest BCUT2D eigenvalue weighted by molar-refractivity contribution is 0.503. The predicted molar refractivity (Wildman–Crippen MR) is 52.5 cm³/mol. The van der Waals surface area contributed by atoms with Crippen molar-refractivity contribution >= 4 is 5.87 Å². The highest BCUT2D eigenvalue weighted by molar-refractivity contribution is 5.58. The summed E-state index contributed by atoms with van der Waals surface area (Å²) in [7, 11) is 0. The van der Waals surface area contributed by atoms with Crippen molar-refractivity contribution in [2.24, 2.45) is 4.99 Å². The van der Waals surface area contributed by atoms with Gasteiger partial charge in [0.15, 0.2) is 0 Å².